The molecule has 0 radical (unpaired) electrons. The molecule has 2 aromatic rings. The van der Waals surface area contributed by atoms with E-state index in [2.05, 4.69) is 28.2 Å². The lowest BCUT2D eigenvalue weighted by Gasteiger charge is -2.31. The summed E-state index contributed by atoms with van der Waals surface area (Å²) in [6.45, 7) is 8.64. The van der Waals surface area contributed by atoms with Gasteiger partial charge in [-0.2, -0.15) is 0 Å². The number of halogens is 2. The minimum Gasteiger partial charge on any atom is -0.483 e. The van der Waals surface area contributed by atoms with Crippen LogP contribution in [-0.4, -0.2) is 35.9 Å². The van der Waals surface area contributed by atoms with Crippen LogP contribution in [0.25, 0.3) is 0 Å². The van der Waals surface area contributed by atoms with Gasteiger partial charge in [-0.05, 0) is 64.0 Å². The lowest BCUT2D eigenvalue weighted by atomic mass is 10.1. The molecule has 7 heteroatoms. The molecule has 174 valence electrons. The highest BCUT2D eigenvalue weighted by Crippen LogP contribution is 2.27. The van der Waals surface area contributed by atoms with Gasteiger partial charge in [0.15, 0.2) is 6.61 Å². The van der Waals surface area contributed by atoms with Crippen LogP contribution in [0.5, 0.6) is 5.75 Å². The van der Waals surface area contributed by atoms with Crippen molar-refractivity contribution in [3.63, 3.8) is 0 Å². The highest BCUT2D eigenvalue weighted by atomic mass is 79.9. The minimum atomic E-state index is -0.618. The summed E-state index contributed by atoms with van der Waals surface area (Å²) in [7, 11) is 0. The number of nitrogens with one attached hydrogen (secondary N) is 1. The molecule has 0 aliphatic rings. The maximum atomic E-state index is 13.3. The van der Waals surface area contributed by atoms with Gasteiger partial charge in [0.05, 0.1) is 4.47 Å². The average Bonchev–Trinajstić information content (AvgIpc) is 2.77. The van der Waals surface area contributed by atoms with Crippen molar-refractivity contribution in [1.29, 1.82) is 0 Å². The van der Waals surface area contributed by atoms with E-state index in [9.17, 15) is 9.59 Å². The molecule has 0 aliphatic heterocycles. The molecule has 1 N–H and O–H groups in total. The fourth-order valence-electron chi connectivity index (χ4n) is 3.26. The summed E-state index contributed by atoms with van der Waals surface area (Å²) in [5.74, 6) is 0.458. The number of ether oxygens (including phenoxy) is 1. The van der Waals surface area contributed by atoms with Crippen molar-refractivity contribution in [3.8, 4) is 5.75 Å². The first kappa shape index (κ1) is 26.2. The second-order valence-electron chi connectivity index (χ2n) is 8.08. The Hall–Kier alpha value is -2.05. The van der Waals surface area contributed by atoms with E-state index >= 15 is 0 Å². The molecule has 2 amide bonds. The van der Waals surface area contributed by atoms with E-state index in [1.54, 1.807) is 11.0 Å². The summed E-state index contributed by atoms with van der Waals surface area (Å²) in [6.07, 6.45) is 1.39. The van der Waals surface area contributed by atoms with Crippen LogP contribution in [0.15, 0.2) is 46.9 Å². The van der Waals surface area contributed by atoms with Crippen LogP contribution in [0, 0.1) is 5.92 Å². The van der Waals surface area contributed by atoms with Gasteiger partial charge in [-0.25, -0.2) is 0 Å². The Morgan fingerprint density at radius 1 is 1.16 bits per heavy atom. The zero-order chi connectivity index (χ0) is 23.7. The Kier molecular flexibility index (Phi) is 10.5. The number of aryl methyl sites for hydroxylation is 1. The van der Waals surface area contributed by atoms with Crippen molar-refractivity contribution in [3.05, 3.63) is 63.1 Å². The number of nitrogens with zero attached hydrogens (tertiary/aromatic N) is 1. The maximum Gasteiger partial charge on any atom is 0.261 e. The molecule has 32 heavy (non-hydrogen) atoms. The van der Waals surface area contributed by atoms with Gasteiger partial charge in [0, 0.05) is 18.1 Å². The molecule has 0 aliphatic carbocycles. The zero-order valence-corrected chi connectivity index (χ0v) is 21.5. The summed E-state index contributed by atoms with van der Waals surface area (Å²) >= 11 is 9.86. The largest absolute Gasteiger partial charge is 0.483 e. The molecule has 1 atom stereocenters. The molecule has 1 unspecified atom stereocenters. The number of carbonyl (C=O) groups excluding carboxylic acids is 2. The molecule has 0 saturated heterocycles. The van der Waals surface area contributed by atoms with Crippen LogP contribution in [0.4, 0.5) is 0 Å². The third-order valence-corrected chi connectivity index (χ3v) is 6.11. The highest BCUT2D eigenvalue weighted by Gasteiger charge is 2.29. The van der Waals surface area contributed by atoms with Gasteiger partial charge < -0.3 is 15.0 Å². The normalized spacial score (nSPS) is 11.8. The van der Waals surface area contributed by atoms with Crippen LogP contribution in [-0.2, 0) is 22.6 Å². The van der Waals surface area contributed by atoms with Gasteiger partial charge in [0.2, 0.25) is 5.91 Å². The molecule has 2 aromatic carbocycles. The molecule has 0 saturated carbocycles. The Balaban J connectivity index is 2.22. The number of hydrogen-bond acceptors (Lipinski definition) is 3. The second-order valence-corrected chi connectivity index (χ2v) is 9.34. The standard InChI is InChI=1S/C25H32BrClN2O3/c1-5-18-11-12-23(20(26)13-18)32-16-24(30)29(15-19-9-7-8-10-21(19)27)22(6-2)25(31)28-14-17(3)4/h7-13,17,22H,5-6,14-16H2,1-4H3,(H,28,31). The van der Waals surface area contributed by atoms with E-state index in [0.717, 1.165) is 16.5 Å². The molecular weight excluding hydrogens is 492 g/mol. The molecule has 0 aromatic heterocycles. The summed E-state index contributed by atoms with van der Waals surface area (Å²) in [4.78, 5) is 27.7. The first-order valence-corrected chi connectivity index (χ1v) is 12.2. The van der Waals surface area contributed by atoms with E-state index in [1.807, 2.05) is 57.2 Å². The van der Waals surface area contributed by atoms with E-state index < -0.39 is 6.04 Å². The van der Waals surface area contributed by atoms with Crippen LogP contribution < -0.4 is 10.1 Å². The topological polar surface area (TPSA) is 58.6 Å². The van der Waals surface area contributed by atoms with Crippen LogP contribution >= 0.6 is 27.5 Å². The first-order chi connectivity index (χ1) is 15.3. The predicted octanol–water partition coefficient (Wildman–Crippen LogP) is 5.62. The predicted molar refractivity (Wildman–Crippen MR) is 133 cm³/mol. The molecule has 0 heterocycles. The van der Waals surface area contributed by atoms with Crippen molar-refractivity contribution in [2.45, 2.75) is 53.1 Å². The average molecular weight is 524 g/mol. The molecule has 2 rings (SSSR count). The van der Waals surface area contributed by atoms with Gasteiger partial charge in [0.1, 0.15) is 11.8 Å². The molecule has 0 spiro atoms. The van der Waals surface area contributed by atoms with Gasteiger partial charge in [-0.3, -0.25) is 9.59 Å². The summed E-state index contributed by atoms with van der Waals surface area (Å²) in [5, 5.41) is 3.51. The van der Waals surface area contributed by atoms with Crippen molar-refractivity contribution < 1.29 is 14.3 Å². The van der Waals surface area contributed by atoms with Crippen LogP contribution in [0.3, 0.4) is 0 Å². The molecule has 5 nitrogen and oxygen atoms in total. The highest BCUT2D eigenvalue weighted by molar-refractivity contribution is 9.10. The van der Waals surface area contributed by atoms with Crippen molar-refractivity contribution in [2.24, 2.45) is 5.92 Å². The fraction of sp³-hybridized carbons (Fsp3) is 0.440. The Labute approximate surface area is 204 Å². The minimum absolute atomic E-state index is 0.171. The number of benzene rings is 2. The van der Waals surface area contributed by atoms with E-state index in [4.69, 9.17) is 16.3 Å². The van der Waals surface area contributed by atoms with E-state index in [-0.39, 0.29) is 25.0 Å². The quantitative estimate of drug-likeness (QED) is 0.416. The van der Waals surface area contributed by atoms with Gasteiger partial charge in [-0.1, -0.05) is 63.6 Å². The van der Waals surface area contributed by atoms with Gasteiger partial charge >= 0.3 is 0 Å². The third-order valence-electron chi connectivity index (χ3n) is 5.12. The van der Waals surface area contributed by atoms with Crippen LogP contribution in [0.2, 0.25) is 5.02 Å². The van der Waals surface area contributed by atoms with E-state index in [1.165, 1.54) is 5.56 Å². The summed E-state index contributed by atoms with van der Waals surface area (Å²) in [5.41, 5.74) is 1.95. The zero-order valence-electron chi connectivity index (χ0n) is 19.2. The number of rotatable bonds is 11. The molecule has 0 fully saturated rings. The second kappa shape index (κ2) is 12.9. The fourth-order valence-corrected chi connectivity index (χ4v) is 3.99. The monoisotopic (exact) mass is 522 g/mol. The smallest absolute Gasteiger partial charge is 0.261 e. The summed E-state index contributed by atoms with van der Waals surface area (Å²) < 4.78 is 6.61. The lowest BCUT2D eigenvalue weighted by Crippen LogP contribution is -2.50. The van der Waals surface area contributed by atoms with Crippen molar-refractivity contribution in [1.82, 2.24) is 10.2 Å². The van der Waals surface area contributed by atoms with Gasteiger partial charge in [-0.15, -0.1) is 0 Å². The maximum absolute atomic E-state index is 13.3. The number of carbonyl (C=O) groups is 2. The van der Waals surface area contributed by atoms with Crippen molar-refractivity contribution >= 4 is 39.3 Å². The van der Waals surface area contributed by atoms with Crippen LogP contribution in [0.1, 0.15) is 45.2 Å². The third kappa shape index (κ3) is 7.52. The molecule has 0 bridgehead atoms. The SMILES string of the molecule is CCc1ccc(OCC(=O)N(Cc2ccccc2Cl)C(CC)C(=O)NCC(C)C)c(Br)c1. The summed E-state index contributed by atoms with van der Waals surface area (Å²) in [6, 6.07) is 12.5. The number of amides is 2. The Bertz CT molecular complexity index is 920. The number of hydrogen-bond donors (Lipinski definition) is 1. The molecular formula is C25H32BrClN2O3. The van der Waals surface area contributed by atoms with Gasteiger partial charge in [0.25, 0.3) is 5.91 Å². The first-order valence-electron chi connectivity index (χ1n) is 11.0. The Morgan fingerprint density at radius 2 is 1.88 bits per heavy atom. The Morgan fingerprint density at radius 3 is 2.47 bits per heavy atom. The van der Waals surface area contributed by atoms with E-state index in [0.29, 0.717) is 29.7 Å². The lowest BCUT2D eigenvalue weighted by molar-refractivity contribution is -0.143. The van der Waals surface area contributed by atoms with Crippen molar-refractivity contribution in [2.75, 3.05) is 13.2 Å².